The Morgan fingerprint density at radius 3 is 1.17 bits per heavy atom. The van der Waals surface area contributed by atoms with Crippen LogP contribution in [0.3, 0.4) is 0 Å². The van der Waals surface area contributed by atoms with Crippen molar-refractivity contribution < 1.29 is 0 Å². The van der Waals surface area contributed by atoms with Crippen molar-refractivity contribution in [2.75, 3.05) is 54.4 Å². The van der Waals surface area contributed by atoms with Gasteiger partial charge in [0.2, 0.25) is 0 Å². The number of hydrogen-bond donors (Lipinski definition) is 2. The highest BCUT2D eigenvalue weighted by atomic mass is 15.5. The molecule has 0 aliphatic carbocycles. The summed E-state index contributed by atoms with van der Waals surface area (Å²) in [6.45, 7) is 4.61. The van der Waals surface area contributed by atoms with Crippen molar-refractivity contribution in [3.05, 3.63) is 0 Å². The summed E-state index contributed by atoms with van der Waals surface area (Å²) in [5, 5.41) is 6.94. The largest absolute Gasteiger partial charge is 0.413 e. The molecule has 2 rings (SSSR count). The molecule has 0 atom stereocenters. The molecule has 0 bridgehead atoms. The lowest BCUT2D eigenvalue weighted by atomic mass is 9.82. The van der Waals surface area contributed by atoms with E-state index in [1.807, 2.05) is 0 Å². The highest BCUT2D eigenvalue weighted by Gasteiger charge is 2.34. The smallest absolute Gasteiger partial charge is 0.316 e. The molecule has 0 spiro atoms. The summed E-state index contributed by atoms with van der Waals surface area (Å²) in [6, 6.07) is 0. The molecule has 0 aromatic carbocycles. The Kier molecular flexibility index (Phi) is 5.06. The lowest BCUT2D eigenvalue weighted by Crippen LogP contribution is -2.73. The van der Waals surface area contributed by atoms with Gasteiger partial charge in [-0.25, -0.2) is 0 Å². The lowest BCUT2D eigenvalue weighted by Gasteiger charge is -2.41. The molecule has 8 heteroatoms. The van der Waals surface area contributed by atoms with Gasteiger partial charge in [-0.2, -0.15) is 0 Å². The van der Waals surface area contributed by atoms with Crippen molar-refractivity contribution in [2.24, 2.45) is 0 Å². The van der Waals surface area contributed by atoms with E-state index in [9.17, 15) is 0 Å². The van der Waals surface area contributed by atoms with Crippen LogP contribution in [0.25, 0.3) is 0 Å². The Labute approximate surface area is 112 Å². The summed E-state index contributed by atoms with van der Waals surface area (Å²) in [6.07, 6.45) is 2.49. The first kappa shape index (κ1) is 14.3. The minimum absolute atomic E-state index is 0.280. The van der Waals surface area contributed by atoms with Gasteiger partial charge < -0.3 is 19.2 Å². The zero-order chi connectivity index (χ0) is 13.1. The third-order valence-corrected chi connectivity index (χ3v) is 4.05. The second kappa shape index (κ2) is 6.36. The topological polar surface area (TPSA) is 37.0 Å². The molecule has 0 aromatic rings. The Morgan fingerprint density at radius 2 is 0.889 bits per heavy atom. The first-order valence-corrected chi connectivity index (χ1v) is 6.91. The molecule has 102 valence electrons. The maximum Gasteiger partial charge on any atom is 0.413 e. The summed E-state index contributed by atoms with van der Waals surface area (Å²) >= 11 is 0. The minimum Gasteiger partial charge on any atom is -0.316 e. The maximum absolute atomic E-state index is 3.47. The molecule has 2 saturated heterocycles. The number of nitrogens with zero attached hydrogens (tertiary/aromatic N) is 4. The molecule has 2 aliphatic rings. The number of nitrogens with one attached hydrogen (secondary N) is 2. The Morgan fingerprint density at radius 1 is 0.611 bits per heavy atom. The van der Waals surface area contributed by atoms with E-state index >= 15 is 0 Å². The van der Waals surface area contributed by atoms with Crippen LogP contribution < -0.4 is 10.7 Å². The SMILES string of the molecule is CN1CCCN(C)B1NNB1N(C)CCCN1C. The molecule has 2 N–H and O–H groups in total. The van der Waals surface area contributed by atoms with E-state index in [1.54, 1.807) is 0 Å². The van der Waals surface area contributed by atoms with Crippen LogP contribution in [0.2, 0.25) is 0 Å². The predicted molar refractivity (Wildman–Crippen MR) is 77.5 cm³/mol. The third kappa shape index (κ3) is 3.26. The van der Waals surface area contributed by atoms with Crippen molar-refractivity contribution in [3.63, 3.8) is 0 Å². The molecule has 2 aliphatic heterocycles. The van der Waals surface area contributed by atoms with Gasteiger partial charge in [-0.15, -0.1) is 0 Å². The number of hydrogen-bond acceptors (Lipinski definition) is 6. The third-order valence-electron chi connectivity index (χ3n) is 4.05. The molecular weight excluding hydrogens is 226 g/mol. The summed E-state index contributed by atoms with van der Waals surface area (Å²) in [7, 11) is 9.24. The molecule has 6 nitrogen and oxygen atoms in total. The fraction of sp³-hybridized carbons (Fsp3) is 1.00. The second-order valence-corrected chi connectivity index (χ2v) is 5.67. The summed E-state index contributed by atoms with van der Waals surface area (Å²) in [5.74, 6) is 0. The zero-order valence-electron chi connectivity index (χ0n) is 12.2. The highest BCUT2D eigenvalue weighted by Crippen LogP contribution is 2.06. The standard InChI is InChI=1S/C10H26B2N6/c1-15-7-5-8-16(2)11(15)13-14-12-17(3)9-6-10-18(12)4/h13-14H,5-10H2,1-4H3. The highest BCUT2D eigenvalue weighted by molar-refractivity contribution is 6.54. The van der Waals surface area contributed by atoms with E-state index in [0.29, 0.717) is 0 Å². The predicted octanol–water partition coefficient (Wildman–Crippen LogP) is -1.41. The summed E-state index contributed by atoms with van der Waals surface area (Å²) in [5.41, 5.74) is 0. The van der Waals surface area contributed by atoms with Crippen molar-refractivity contribution >= 4 is 14.2 Å². The van der Waals surface area contributed by atoms with Gasteiger partial charge in [0.05, 0.1) is 0 Å². The fourth-order valence-electron chi connectivity index (χ4n) is 2.89. The van der Waals surface area contributed by atoms with E-state index in [0.717, 1.165) is 26.2 Å². The molecule has 18 heavy (non-hydrogen) atoms. The molecule has 0 unspecified atom stereocenters. The van der Waals surface area contributed by atoms with Gasteiger partial charge in [0, 0.05) is 0 Å². The van der Waals surface area contributed by atoms with Crippen molar-refractivity contribution in [1.82, 2.24) is 29.9 Å². The quantitative estimate of drug-likeness (QED) is 0.474. The second-order valence-electron chi connectivity index (χ2n) is 5.67. The van der Waals surface area contributed by atoms with E-state index in [1.165, 1.54) is 12.8 Å². The Bertz CT molecular complexity index is 223. The molecule has 2 fully saturated rings. The number of rotatable bonds is 3. The van der Waals surface area contributed by atoms with E-state index < -0.39 is 0 Å². The van der Waals surface area contributed by atoms with Crippen LogP contribution in [0.4, 0.5) is 0 Å². The Balaban J connectivity index is 1.85. The van der Waals surface area contributed by atoms with Crippen LogP contribution >= 0.6 is 0 Å². The molecular formula is C10H26B2N6. The molecule has 2 heterocycles. The van der Waals surface area contributed by atoms with Crippen LogP contribution in [-0.4, -0.2) is 87.8 Å². The first-order valence-electron chi connectivity index (χ1n) is 6.91. The fourth-order valence-corrected chi connectivity index (χ4v) is 2.89. The average molecular weight is 252 g/mol. The monoisotopic (exact) mass is 252 g/mol. The Hall–Kier alpha value is -0.110. The van der Waals surface area contributed by atoms with Gasteiger partial charge >= 0.3 is 14.2 Å². The van der Waals surface area contributed by atoms with Gasteiger partial charge in [0.15, 0.2) is 0 Å². The van der Waals surface area contributed by atoms with Gasteiger partial charge in [0.25, 0.3) is 0 Å². The normalized spacial score (nSPS) is 26.0. The molecule has 0 saturated carbocycles. The van der Waals surface area contributed by atoms with Gasteiger partial charge in [-0.3, -0.25) is 10.7 Å². The first-order chi connectivity index (χ1) is 8.59. The van der Waals surface area contributed by atoms with E-state index in [4.69, 9.17) is 0 Å². The summed E-state index contributed by atoms with van der Waals surface area (Å²) in [4.78, 5) is 9.39. The zero-order valence-corrected chi connectivity index (χ0v) is 12.2. The van der Waals surface area contributed by atoms with Crippen molar-refractivity contribution in [3.8, 4) is 0 Å². The number of hydrazine groups is 1. The van der Waals surface area contributed by atoms with Gasteiger partial charge in [0.1, 0.15) is 0 Å². The van der Waals surface area contributed by atoms with Crippen LogP contribution in [-0.2, 0) is 0 Å². The minimum atomic E-state index is 0.280. The van der Waals surface area contributed by atoms with Crippen molar-refractivity contribution in [1.29, 1.82) is 0 Å². The van der Waals surface area contributed by atoms with Crippen molar-refractivity contribution in [2.45, 2.75) is 12.8 Å². The van der Waals surface area contributed by atoms with Crippen LogP contribution in [0, 0.1) is 0 Å². The molecule has 0 aromatic heterocycles. The van der Waals surface area contributed by atoms with Gasteiger partial charge in [-0.1, -0.05) is 0 Å². The summed E-state index contributed by atoms with van der Waals surface area (Å²) < 4.78 is 0. The lowest BCUT2D eigenvalue weighted by molar-refractivity contribution is 0.311. The molecule has 0 radical (unpaired) electrons. The van der Waals surface area contributed by atoms with Crippen LogP contribution in [0.15, 0.2) is 0 Å². The average Bonchev–Trinajstić information content (AvgIpc) is 2.31. The van der Waals surface area contributed by atoms with Crippen LogP contribution in [0.1, 0.15) is 12.8 Å². The molecule has 0 amide bonds. The van der Waals surface area contributed by atoms with E-state index in [-0.39, 0.29) is 14.2 Å². The van der Waals surface area contributed by atoms with E-state index in [2.05, 4.69) is 58.1 Å². The maximum atomic E-state index is 3.47. The van der Waals surface area contributed by atoms with Gasteiger partial charge in [-0.05, 0) is 67.2 Å². The van der Waals surface area contributed by atoms with Crippen LogP contribution in [0.5, 0.6) is 0 Å².